The molecule has 2 saturated carbocycles. The van der Waals surface area contributed by atoms with Gasteiger partial charge in [0.25, 0.3) is 0 Å². The van der Waals surface area contributed by atoms with Crippen LogP contribution in [-0.4, -0.2) is 0 Å². The zero-order chi connectivity index (χ0) is 14.2. The van der Waals surface area contributed by atoms with E-state index in [1.54, 1.807) is 0 Å². The molecule has 2 rings (SSSR count). The van der Waals surface area contributed by atoms with Crippen LogP contribution in [0.25, 0.3) is 0 Å². The Morgan fingerprint density at radius 2 is 1.35 bits per heavy atom. The largest absolute Gasteiger partial charge is 0.198 e. The summed E-state index contributed by atoms with van der Waals surface area (Å²) in [7, 11) is 0. The minimum Gasteiger partial charge on any atom is -0.198 e. The van der Waals surface area contributed by atoms with Gasteiger partial charge in [-0.05, 0) is 69.6 Å². The van der Waals surface area contributed by atoms with Crippen molar-refractivity contribution in [3.05, 3.63) is 12.2 Å². The highest BCUT2D eigenvalue weighted by atomic mass is 14.3. The molecule has 2 aliphatic carbocycles. The molecule has 2 fully saturated rings. The average Bonchev–Trinajstić information content (AvgIpc) is 2.52. The molecule has 0 atom stereocenters. The second-order valence-electron chi connectivity index (χ2n) is 7.12. The molecule has 0 aliphatic heterocycles. The lowest BCUT2D eigenvalue weighted by Gasteiger charge is -2.30. The lowest BCUT2D eigenvalue weighted by atomic mass is 9.75. The Hall–Kier alpha value is -0.770. The monoisotopic (exact) mass is 273 g/mol. The quantitative estimate of drug-likeness (QED) is 0.575. The van der Waals surface area contributed by atoms with Crippen LogP contribution in [0, 0.1) is 35.0 Å². The van der Waals surface area contributed by atoms with Crippen LogP contribution in [0.4, 0.5) is 0 Å². The van der Waals surface area contributed by atoms with Gasteiger partial charge in [-0.25, -0.2) is 0 Å². The van der Waals surface area contributed by atoms with Crippen molar-refractivity contribution < 1.29 is 0 Å². The maximum Gasteiger partial charge on any atom is 0.0655 e. The van der Waals surface area contributed by atoms with Crippen molar-refractivity contribution in [2.24, 2.45) is 23.7 Å². The second-order valence-corrected chi connectivity index (χ2v) is 7.12. The molecule has 2 aliphatic rings. The smallest absolute Gasteiger partial charge is 0.0655 e. The van der Waals surface area contributed by atoms with E-state index in [2.05, 4.69) is 25.1 Å². The van der Waals surface area contributed by atoms with Crippen molar-refractivity contribution >= 4 is 0 Å². The number of rotatable bonds is 5. The van der Waals surface area contributed by atoms with Crippen molar-refractivity contribution in [3.8, 4) is 6.07 Å². The van der Waals surface area contributed by atoms with Crippen LogP contribution < -0.4 is 0 Å². The lowest BCUT2D eigenvalue weighted by molar-refractivity contribution is 0.228. The molecule has 20 heavy (non-hydrogen) atoms. The molecule has 0 spiro atoms. The Balaban J connectivity index is 1.58. The van der Waals surface area contributed by atoms with E-state index in [-0.39, 0.29) is 0 Å². The fourth-order valence-electron chi connectivity index (χ4n) is 4.14. The molecule has 0 bridgehead atoms. The minimum atomic E-state index is 0.369. The molecule has 0 aromatic rings. The van der Waals surface area contributed by atoms with Gasteiger partial charge in [-0.3, -0.25) is 0 Å². The second kappa shape index (κ2) is 8.50. The van der Waals surface area contributed by atoms with Crippen LogP contribution in [0.3, 0.4) is 0 Å². The van der Waals surface area contributed by atoms with Crippen LogP contribution in [0.2, 0.25) is 0 Å². The van der Waals surface area contributed by atoms with Crippen molar-refractivity contribution in [3.63, 3.8) is 0 Å². The van der Waals surface area contributed by atoms with Gasteiger partial charge in [0.15, 0.2) is 0 Å². The first-order chi connectivity index (χ1) is 9.81. The molecule has 1 heteroatoms. The number of nitriles is 1. The topological polar surface area (TPSA) is 23.8 Å². The van der Waals surface area contributed by atoms with Gasteiger partial charge in [0, 0.05) is 5.92 Å². The average molecular weight is 273 g/mol. The Kier molecular flexibility index (Phi) is 6.64. The van der Waals surface area contributed by atoms with Crippen LogP contribution in [0.15, 0.2) is 12.2 Å². The standard InChI is InChI=1S/C19H31N/c1-2-3-4-16-5-7-17(8-6-16)9-10-18-11-13-19(15-20)14-12-18/h2-3,16-19H,4-14H2,1H3. The van der Waals surface area contributed by atoms with Gasteiger partial charge >= 0.3 is 0 Å². The van der Waals surface area contributed by atoms with Crippen LogP contribution in [0.5, 0.6) is 0 Å². The highest BCUT2D eigenvalue weighted by Crippen LogP contribution is 2.37. The van der Waals surface area contributed by atoms with Crippen molar-refractivity contribution in [2.45, 2.75) is 77.6 Å². The molecule has 112 valence electrons. The molecule has 0 unspecified atom stereocenters. The normalized spacial score (nSPS) is 35.0. The van der Waals surface area contributed by atoms with Gasteiger partial charge < -0.3 is 0 Å². The number of hydrogen-bond acceptors (Lipinski definition) is 1. The van der Waals surface area contributed by atoms with Gasteiger partial charge in [-0.2, -0.15) is 5.26 Å². The lowest BCUT2D eigenvalue weighted by Crippen LogP contribution is -2.17. The van der Waals surface area contributed by atoms with E-state index in [0.717, 1.165) is 30.6 Å². The Labute approximate surface area is 125 Å². The van der Waals surface area contributed by atoms with Gasteiger partial charge in [-0.1, -0.05) is 37.8 Å². The first-order valence-electron chi connectivity index (χ1n) is 8.82. The van der Waals surface area contributed by atoms with E-state index in [4.69, 9.17) is 5.26 Å². The van der Waals surface area contributed by atoms with E-state index >= 15 is 0 Å². The number of allylic oxidation sites excluding steroid dienone is 2. The summed E-state index contributed by atoms with van der Waals surface area (Å²) in [6, 6.07) is 2.45. The predicted octanol–water partition coefficient (Wildman–Crippen LogP) is 5.87. The Bertz CT molecular complexity index is 322. The Morgan fingerprint density at radius 3 is 1.85 bits per heavy atom. The first kappa shape index (κ1) is 15.6. The van der Waals surface area contributed by atoms with E-state index in [1.165, 1.54) is 57.8 Å². The molecular formula is C19H31N. The fraction of sp³-hybridized carbons (Fsp3) is 0.842. The maximum absolute atomic E-state index is 8.94. The van der Waals surface area contributed by atoms with E-state index < -0.39 is 0 Å². The molecule has 0 N–H and O–H groups in total. The van der Waals surface area contributed by atoms with E-state index in [0.29, 0.717) is 5.92 Å². The molecule has 0 heterocycles. The SMILES string of the molecule is CC=CCC1CCC(CCC2CCC(C#N)CC2)CC1. The molecule has 0 amide bonds. The third kappa shape index (κ3) is 4.97. The number of nitrogens with zero attached hydrogens (tertiary/aromatic N) is 1. The van der Waals surface area contributed by atoms with Gasteiger partial charge in [-0.15, -0.1) is 0 Å². The molecule has 0 radical (unpaired) electrons. The summed E-state index contributed by atoms with van der Waals surface area (Å²) in [6.45, 7) is 2.13. The molecule has 1 nitrogen and oxygen atoms in total. The van der Waals surface area contributed by atoms with E-state index in [9.17, 15) is 0 Å². The van der Waals surface area contributed by atoms with Crippen molar-refractivity contribution in [1.29, 1.82) is 5.26 Å². The van der Waals surface area contributed by atoms with E-state index in [1.807, 2.05) is 0 Å². The summed E-state index contributed by atoms with van der Waals surface area (Å²) in [6.07, 6.45) is 19.5. The molecule has 0 aromatic heterocycles. The third-order valence-electron chi connectivity index (χ3n) is 5.68. The molecule has 0 aromatic carbocycles. The maximum atomic E-state index is 8.94. The van der Waals surface area contributed by atoms with Crippen molar-refractivity contribution in [2.75, 3.05) is 0 Å². The van der Waals surface area contributed by atoms with Gasteiger partial charge in [0.1, 0.15) is 0 Å². The minimum absolute atomic E-state index is 0.369. The molecule has 0 saturated heterocycles. The summed E-state index contributed by atoms with van der Waals surface area (Å²) in [5, 5.41) is 8.94. The summed E-state index contributed by atoms with van der Waals surface area (Å²) in [4.78, 5) is 0. The van der Waals surface area contributed by atoms with Gasteiger partial charge in [0.05, 0.1) is 6.07 Å². The van der Waals surface area contributed by atoms with Crippen LogP contribution in [0.1, 0.15) is 77.6 Å². The summed E-state index contributed by atoms with van der Waals surface area (Å²) in [5.74, 6) is 3.27. The Morgan fingerprint density at radius 1 is 0.850 bits per heavy atom. The predicted molar refractivity (Wildman–Crippen MR) is 85.2 cm³/mol. The first-order valence-corrected chi connectivity index (χ1v) is 8.82. The highest BCUT2D eigenvalue weighted by molar-refractivity contribution is 4.87. The summed E-state index contributed by atoms with van der Waals surface area (Å²) in [5.41, 5.74) is 0. The summed E-state index contributed by atoms with van der Waals surface area (Å²) < 4.78 is 0. The highest BCUT2D eigenvalue weighted by Gasteiger charge is 2.24. The summed E-state index contributed by atoms with van der Waals surface area (Å²) >= 11 is 0. The molecular weight excluding hydrogens is 242 g/mol. The van der Waals surface area contributed by atoms with Crippen molar-refractivity contribution in [1.82, 2.24) is 0 Å². The van der Waals surface area contributed by atoms with Gasteiger partial charge in [0.2, 0.25) is 0 Å². The zero-order valence-corrected chi connectivity index (χ0v) is 13.2. The van der Waals surface area contributed by atoms with Crippen LogP contribution in [-0.2, 0) is 0 Å². The third-order valence-corrected chi connectivity index (χ3v) is 5.68. The fourth-order valence-corrected chi connectivity index (χ4v) is 4.14. The van der Waals surface area contributed by atoms with Crippen LogP contribution >= 0.6 is 0 Å². The number of hydrogen-bond donors (Lipinski definition) is 0. The zero-order valence-electron chi connectivity index (χ0n) is 13.2.